The largest absolute Gasteiger partial charge is 0.457 e. The Morgan fingerprint density at radius 2 is 1.70 bits per heavy atom. The van der Waals surface area contributed by atoms with E-state index in [1.807, 2.05) is 42.5 Å². The monoisotopic (exact) mass is 414 g/mol. The van der Waals surface area contributed by atoms with Gasteiger partial charge < -0.3 is 4.74 Å². The first kappa shape index (κ1) is 19.6. The molecule has 0 amide bonds. The fraction of sp³-hybridized carbons (Fsp3) is 0.0833. The second-order valence-corrected chi connectivity index (χ2v) is 8.96. The maximum Gasteiger partial charge on any atom is 0.178 e. The molecule has 0 fully saturated rings. The first-order valence-electron chi connectivity index (χ1n) is 9.41. The van der Waals surface area contributed by atoms with E-state index < -0.39 is 9.84 Å². The fourth-order valence-corrected chi connectivity index (χ4v) is 4.19. The van der Waals surface area contributed by atoms with Crippen molar-refractivity contribution in [3.8, 4) is 28.7 Å². The quantitative estimate of drug-likeness (QED) is 0.439. The summed E-state index contributed by atoms with van der Waals surface area (Å²) in [6, 6.07) is 23.6. The molecule has 0 aliphatic heterocycles. The third kappa shape index (κ3) is 3.76. The highest BCUT2D eigenvalue weighted by Crippen LogP contribution is 2.32. The van der Waals surface area contributed by atoms with Crippen molar-refractivity contribution in [1.82, 2.24) is 4.98 Å². The van der Waals surface area contributed by atoms with E-state index in [1.54, 1.807) is 37.4 Å². The fourth-order valence-electron chi connectivity index (χ4n) is 3.28. The van der Waals surface area contributed by atoms with Gasteiger partial charge in [-0.05, 0) is 53.6 Å². The minimum Gasteiger partial charge on any atom is -0.457 e. The third-order valence-corrected chi connectivity index (χ3v) is 6.55. The molecule has 0 radical (unpaired) electrons. The van der Waals surface area contributed by atoms with E-state index in [1.165, 1.54) is 6.07 Å². The summed E-state index contributed by atoms with van der Waals surface area (Å²) in [6.07, 6.45) is 1.69. The van der Waals surface area contributed by atoms with Crippen LogP contribution in [-0.4, -0.2) is 19.2 Å². The van der Waals surface area contributed by atoms with Crippen molar-refractivity contribution in [2.45, 2.75) is 11.8 Å². The average molecular weight is 414 g/mol. The molecule has 30 heavy (non-hydrogen) atoms. The molecule has 0 atom stereocenters. The number of fused-ring (bicyclic) bond motifs is 1. The normalized spacial score (nSPS) is 11.2. The van der Waals surface area contributed by atoms with Crippen molar-refractivity contribution < 1.29 is 13.2 Å². The molecule has 4 aromatic rings. The Kier molecular flexibility index (Phi) is 5.21. The number of aromatic nitrogens is 1. The Bertz CT molecular complexity index is 1390. The number of sulfone groups is 1. The third-order valence-electron chi connectivity index (χ3n) is 4.82. The maximum absolute atomic E-state index is 12.1. The molecule has 0 N–H and O–H groups in total. The number of pyridine rings is 1. The van der Waals surface area contributed by atoms with Gasteiger partial charge in [0.1, 0.15) is 17.6 Å². The standard InChI is InChI=1S/C24H18N2O3S/c1-2-30(27,28)21-10-5-9-20(15-21)29-19-8-3-6-17(14-19)22-12-13-26-24-18(16-25)7-4-11-23(22)24/h3-15H,2H2,1H3. The number of rotatable bonds is 5. The minimum absolute atomic E-state index is 0.0335. The summed E-state index contributed by atoms with van der Waals surface area (Å²) in [5.74, 6) is 1.07. The lowest BCUT2D eigenvalue weighted by Gasteiger charge is -2.11. The zero-order valence-electron chi connectivity index (χ0n) is 16.2. The van der Waals surface area contributed by atoms with Gasteiger partial charge in [-0.2, -0.15) is 5.26 Å². The van der Waals surface area contributed by atoms with Gasteiger partial charge in [0.25, 0.3) is 0 Å². The molecule has 1 aromatic heterocycles. The van der Waals surface area contributed by atoms with Crippen LogP contribution in [0.1, 0.15) is 12.5 Å². The van der Waals surface area contributed by atoms with Crippen LogP contribution in [0.25, 0.3) is 22.0 Å². The first-order valence-corrected chi connectivity index (χ1v) is 11.1. The predicted octanol–water partition coefficient (Wildman–Crippen LogP) is 5.36. The number of para-hydroxylation sites is 1. The van der Waals surface area contributed by atoms with Gasteiger partial charge in [0, 0.05) is 11.6 Å². The molecule has 6 heteroatoms. The highest BCUT2D eigenvalue weighted by atomic mass is 32.2. The molecule has 0 unspecified atom stereocenters. The second-order valence-electron chi connectivity index (χ2n) is 6.68. The average Bonchev–Trinajstić information content (AvgIpc) is 2.78. The van der Waals surface area contributed by atoms with E-state index in [9.17, 15) is 13.7 Å². The van der Waals surface area contributed by atoms with Crippen molar-refractivity contribution >= 4 is 20.7 Å². The predicted molar refractivity (Wildman–Crippen MR) is 116 cm³/mol. The van der Waals surface area contributed by atoms with Crippen LogP contribution in [-0.2, 0) is 9.84 Å². The van der Waals surface area contributed by atoms with E-state index in [0.717, 1.165) is 16.5 Å². The Labute approximate surface area is 175 Å². The smallest absolute Gasteiger partial charge is 0.178 e. The Balaban J connectivity index is 1.73. The molecule has 0 aliphatic carbocycles. The van der Waals surface area contributed by atoms with Crippen LogP contribution in [0.4, 0.5) is 0 Å². The highest BCUT2D eigenvalue weighted by molar-refractivity contribution is 7.91. The number of nitriles is 1. The van der Waals surface area contributed by atoms with Crippen molar-refractivity contribution in [3.05, 3.63) is 84.6 Å². The van der Waals surface area contributed by atoms with Gasteiger partial charge in [0.2, 0.25) is 0 Å². The van der Waals surface area contributed by atoms with Gasteiger partial charge in [0.15, 0.2) is 9.84 Å². The van der Waals surface area contributed by atoms with Gasteiger partial charge in [-0.25, -0.2) is 8.42 Å². The van der Waals surface area contributed by atoms with E-state index in [-0.39, 0.29) is 10.6 Å². The second kappa shape index (κ2) is 7.97. The molecule has 0 saturated heterocycles. The molecule has 3 aromatic carbocycles. The summed E-state index contributed by atoms with van der Waals surface area (Å²) < 4.78 is 30.2. The minimum atomic E-state index is -3.31. The summed E-state index contributed by atoms with van der Waals surface area (Å²) in [5.41, 5.74) is 3.02. The van der Waals surface area contributed by atoms with Crippen LogP contribution in [0, 0.1) is 11.3 Å². The zero-order chi connectivity index (χ0) is 21.1. The van der Waals surface area contributed by atoms with Crippen LogP contribution >= 0.6 is 0 Å². The summed E-state index contributed by atoms with van der Waals surface area (Å²) in [5, 5.41) is 10.2. The lowest BCUT2D eigenvalue weighted by molar-refractivity contribution is 0.481. The number of hydrogen-bond acceptors (Lipinski definition) is 5. The van der Waals surface area contributed by atoms with Crippen molar-refractivity contribution in [1.29, 1.82) is 5.26 Å². The van der Waals surface area contributed by atoms with E-state index in [4.69, 9.17) is 4.74 Å². The van der Waals surface area contributed by atoms with Crippen molar-refractivity contribution in [2.75, 3.05) is 5.75 Å². The lowest BCUT2D eigenvalue weighted by Crippen LogP contribution is -2.03. The Hall–Kier alpha value is -3.69. The van der Waals surface area contributed by atoms with E-state index in [0.29, 0.717) is 22.6 Å². The van der Waals surface area contributed by atoms with Crippen LogP contribution in [0.5, 0.6) is 11.5 Å². The first-order chi connectivity index (χ1) is 14.5. The number of hydrogen-bond donors (Lipinski definition) is 0. The van der Waals surface area contributed by atoms with Crippen LogP contribution in [0.2, 0.25) is 0 Å². The molecule has 0 aliphatic rings. The highest BCUT2D eigenvalue weighted by Gasteiger charge is 2.13. The molecule has 1 heterocycles. The molecule has 0 bridgehead atoms. The molecular formula is C24H18N2O3S. The van der Waals surface area contributed by atoms with Gasteiger partial charge >= 0.3 is 0 Å². The SMILES string of the molecule is CCS(=O)(=O)c1cccc(Oc2cccc(-c3ccnc4c(C#N)cccc34)c2)c1. The van der Waals surface area contributed by atoms with Gasteiger partial charge in [-0.1, -0.05) is 37.3 Å². The molecule has 0 spiro atoms. The van der Waals surface area contributed by atoms with E-state index in [2.05, 4.69) is 11.1 Å². The Morgan fingerprint density at radius 1 is 0.967 bits per heavy atom. The van der Waals surface area contributed by atoms with Gasteiger partial charge in [-0.3, -0.25) is 4.98 Å². The summed E-state index contributed by atoms with van der Waals surface area (Å²) >= 11 is 0. The van der Waals surface area contributed by atoms with Crippen molar-refractivity contribution in [3.63, 3.8) is 0 Å². The zero-order valence-corrected chi connectivity index (χ0v) is 17.1. The summed E-state index contributed by atoms with van der Waals surface area (Å²) in [7, 11) is -3.31. The number of nitrogens with zero attached hydrogens (tertiary/aromatic N) is 2. The summed E-state index contributed by atoms with van der Waals surface area (Å²) in [4.78, 5) is 4.60. The molecule has 5 nitrogen and oxygen atoms in total. The van der Waals surface area contributed by atoms with Crippen LogP contribution in [0.3, 0.4) is 0 Å². The van der Waals surface area contributed by atoms with E-state index >= 15 is 0 Å². The van der Waals surface area contributed by atoms with Crippen LogP contribution < -0.4 is 4.74 Å². The lowest BCUT2D eigenvalue weighted by atomic mass is 9.99. The molecule has 0 saturated carbocycles. The van der Waals surface area contributed by atoms with Gasteiger partial charge in [-0.15, -0.1) is 0 Å². The maximum atomic E-state index is 12.1. The summed E-state index contributed by atoms with van der Waals surface area (Å²) in [6.45, 7) is 1.61. The molecule has 148 valence electrons. The Morgan fingerprint density at radius 3 is 2.47 bits per heavy atom. The number of ether oxygens (including phenoxy) is 1. The van der Waals surface area contributed by atoms with Gasteiger partial charge in [0.05, 0.1) is 21.7 Å². The van der Waals surface area contributed by atoms with Crippen molar-refractivity contribution in [2.24, 2.45) is 0 Å². The molecular weight excluding hydrogens is 396 g/mol. The number of benzene rings is 3. The topological polar surface area (TPSA) is 80.1 Å². The van der Waals surface area contributed by atoms with Crippen LogP contribution in [0.15, 0.2) is 83.9 Å². The molecule has 4 rings (SSSR count).